The van der Waals surface area contributed by atoms with Crippen molar-refractivity contribution in [3.63, 3.8) is 0 Å². The van der Waals surface area contributed by atoms with Crippen LogP contribution >= 0.6 is 0 Å². The number of hydrogen-bond acceptors (Lipinski definition) is 6. The molecule has 0 aliphatic carbocycles. The molecular formula is C26H37N5O3. The van der Waals surface area contributed by atoms with Gasteiger partial charge in [-0.3, -0.25) is 9.59 Å². The van der Waals surface area contributed by atoms with Gasteiger partial charge in [-0.1, -0.05) is 19.4 Å². The Kier molecular flexibility index (Phi) is 6.27. The maximum Gasteiger partial charge on any atom is 0.299 e. The molecule has 8 nitrogen and oxygen atoms in total. The summed E-state index contributed by atoms with van der Waals surface area (Å²) in [5.41, 5.74) is 1.79. The maximum absolute atomic E-state index is 13.3. The smallest absolute Gasteiger partial charge is 0.299 e. The first kappa shape index (κ1) is 23.1. The van der Waals surface area contributed by atoms with Gasteiger partial charge in [-0.2, -0.15) is 4.98 Å². The van der Waals surface area contributed by atoms with E-state index in [1.54, 1.807) is 0 Å². The lowest BCUT2D eigenvalue weighted by atomic mass is 9.82. The third-order valence-electron chi connectivity index (χ3n) is 8.12. The molecule has 8 heteroatoms. The quantitative estimate of drug-likeness (QED) is 0.742. The van der Waals surface area contributed by atoms with Gasteiger partial charge in [0.05, 0.1) is 5.56 Å². The van der Waals surface area contributed by atoms with Gasteiger partial charge in [0.2, 0.25) is 5.91 Å². The number of oxazole rings is 1. The minimum atomic E-state index is -0.0717. The highest BCUT2D eigenvalue weighted by molar-refractivity contribution is 6.04. The number of nitrogens with zero attached hydrogens (tertiary/aromatic N) is 4. The summed E-state index contributed by atoms with van der Waals surface area (Å²) in [5.74, 6) is 0.102. The third-order valence-corrected chi connectivity index (χ3v) is 8.12. The number of aromatic nitrogens is 1. The molecule has 0 spiro atoms. The zero-order valence-electron chi connectivity index (χ0n) is 20.8. The van der Waals surface area contributed by atoms with Crippen LogP contribution in [0.2, 0.25) is 0 Å². The van der Waals surface area contributed by atoms with Crippen LogP contribution in [0.15, 0.2) is 22.6 Å². The summed E-state index contributed by atoms with van der Waals surface area (Å²) in [6, 6.07) is 7.56. The lowest BCUT2D eigenvalue weighted by Gasteiger charge is -2.47. The van der Waals surface area contributed by atoms with Gasteiger partial charge in [-0.15, -0.1) is 0 Å². The highest BCUT2D eigenvalue weighted by atomic mass is 16.4. The van der Waals surface area contributed by atoms with Gasteiger partial charge in [0.15, 0.2) is 5.58 Å². The van der Waals surface area contributed by atoms with E-state index in [1.807, 2.05) is 30.0 Å². The van der Waals surface area contributed by atoms with Crippen molar-refractivity contribution in [3.05, 3.63) is 23.8 Å². The van der Waals surface area contributed by atoms with Crippen LogP contribution in [-0.4, -0.2) is 76.9 Å². The van der Waals surface area contributed by atoms with Crippen LogP contribution in [0.3, 0.4) is 0 Å². The molecule has 1 N–H and O–H groups in total. The summed E-state index contributed by atoms with van der Waals surface area (Å²) in [6.45, 7) is 7.36. The second kappa shape index (κ2) is 9.21. The highest BCUT2D eigenvalue weighted by Gasteiger charge is 2.37. The van der Waals surface area contributed by atoms with E-state index in [9.17, 15) is 9.59 Å². The number of hydrogen-bond donors (Lipinski definition) is 1. The van der Waals surface area contributed by atoms with Gasteiger partial charge in [-0.05, 0) is 58.7 Å². The monoisotopic (exact) mass is 467 g/mol. The summed E-state index contributed by atoms with van der Waals surface area (Å²) < 4.78 is 6.15. The molecule has 3 aliphatic heterocycles. The molecule has 1 aromatic heterocycles. The molecular weight excluding hydrogens is 430 g/mol. The summed E-state index contributed by atoms with van der Waals surface area (Å²) in [5, 5.41) is 3.30. The first-order valence-corrected chi connectivity index (χ1v) is 12.8. The normalized spacial score (nSPS) is 29.9. The molecule has 184 valence electrons. The Morgan fingerprint density at radius 2 is 1.79 bits per heavy atom. The number of rotatable bonds is 4. The summed E-state index contributed by atoms with van der Waals surface area (Å²) in [6.07, 6.45) is 6.26. The fraction of sp³-hybridized carbons (Fsp3) is 0.654. The van der Waals surface area contributed by atoms with Crippen molar-refractivity contribution < 1.29 is 14.0 Å². The van der Waals surface area contributed by atoms with Crippen LogP contribution in [0, 0.1) is 0 Å². The van der Waals surface area contributed by atoms with Gasteiger partial charge < -0.3 is 24.4 Å². The van der Waals surface area contributed by atoms with Gasteiger partial charge in [0.25, 0.3) is 11.9 Å². The van der Waals surface area contributed by atoms with Crippen LogP contribution in [0.4, 0.5) is 6.01 Å². The Morgan fingerprint density at radius 3 is 2.44 bits per heavy atom. The molecule has 34 heavy (non-hydrogen) atoms. The molecule has 2 amide bonds. The maximum atomic E-state index is 13.3. The fourth-order valence-corrected chi connectivity index (χ4v) is 6.35. The van der Waals surface area contributed by atoms with Crippen molar-refractivity contribution in [1.29, 1.82) is 0 Å². The van der Waals surface area contributed by atoms with E-state index in [4.69, 9.17) is 9.40 Å². The summed E-state index contributed by atoms with van der Waals surface area (Å²) in [4.78, 5) is 36.9. The molecule has 0 radical (unpaired) electrons. The largest absolute Gasteiger partial charge is 0.423 e. The molecule has 2 unspecified atom stereocenters. The number of carbonyl (C=O) groups excluding carboxylic acids is 2. The van der Waals surface area contributed by atoms with E-state index in [1.165, 1.54) is 19.3 Å². The summed E-state index contributed by atoms with van der Waals surface area (Å²) in [7, 11) is 2.23. The number of piperazine rings is 1. The van der Waals surface area contributed by atoms with Crippen molar-refractivity contribution in [2.24, 2.45) is 0 Å². The minimum absolute atomic E-state index is 0.0717. The number of benzene rings is 1. The van der Waals surface area contributed by atoms with Gasteiger partial charge in [0.1, 0.15) is 5.52 Å². The zero-order valence-corrected chi connectivity index (χ0v) is 20.8. The Bertz CT molecular complexity index is 1040. The SMILES string of the molecule is CCC(=O)N1C[C@H](C)N(c2nc3c(C(=O)NC4CC5CCCC(C4)N5C)cccc3o2)[C@@H](C)C1. The molecule has 4 atom stereocenters. The predicted molar refractivity (Wildman–Crippen MR) is 132 cm³/mol. The Hall–Kier alpha value is -2.61. The molecule has 3 fully saturated rings. The molecule has 0 saturated carbocycles. The van der Waals surface area contributed by atoms with E-state index in [2.05, 4.69) is 36.0 Å². The van der Waals surface area contributed by atoms with Crippen molar-refractivity contribution in [3.8, 4) is 0 Å². The predicted octanol–water partition coefficient (Wildman–Crippen LogP) is 3.41. The number of para-hydroxylation sites is 1. The topological polar surface area (TPSA) is 81.9 Å². The average molecular weight is 468 g/mol. The standard InChI is InChI=1S/C26H37N5O3/c1-5-23(32)30-14-16(2)31(17(3)15-30)26-28-24-21(10-7-11-22(24)34-26)25(33)27-18-12-19-8-6-9-20(13-18)29(19)4/h7,10-11,16-20H,5-6,8-9,12-15H2,1-4H3,(H,27,33)/t16-,17-,18?,19?,20?/m0/s1. The first-order chi connectivity index (χ1) is 16.4. The Balaban J connectivity index is 1.35. The number of anilines is 1. The molecule has 2 bridgehead atoms. The van der Waals surface area contributed by atoms with E-state index >= 15 is 0 Å². The first-order valence-electron chi connectivity index (χ1n) is 12.8. The second-order valence-corrected chi connectivity index (χ2v) is 10.5. The zero-order chi connectivity index (χ0) is 24.0. The molecule has 3 aliphatic rings. The van der Waals surface area contributed by atoms with Crippen molar-refractivity contribution in [2.75, 3.05) is 25.0 Å². The lowest BCUT2D eigenvalue weighted by molar-refractivity contribution is -0.132. The second-order valence-electron chi connectivity index (χ2n) is 10.5. The Labute approximate surface area is 201 Å². The molecule has 5 rings (SSSR count). The number of carbonyl (C=O) groups is 2. The third kappa shape index (κ3) is 4.17. The molecule has 3 saturated heterocycles. The van der Waals surface area contributed by atoms with Crippen molar-refractivity contribution >= 4 is 28.9 Å². The minimum Gasteiger partial charge on any atom is -0.423 e. The van der Waals surface area contributed by atoms with Crippen molar-refractivity contribution in [1.82, 2.24) is 20.1 Å². The van der Waals surface area contributed by atoms with Gasteiger partial charge in [-0.25, -0.2) is 0 Å². The molecule has 2 aromatic rings. The van der Waals surface area contributed by atoms with Gasteiger partial charge in [0, 0.05) is 49.7 Å². The van der Waals surface area contributed by atoms with Crippen LogP contribution in [0.1, 0.15) is 69.7 Å². The fourth-order valence-electron chi connectivity index (χ4n) is 6.35. The van der Waals surface area contributed by atoms with E-state index < -0.39 is 0 Å². The van der Waals surface area contributed by atoms with E-state index in [-0.39, 0.29) is 29.9 Å². The number of nitrogens with one attached hydrogen (secondary N) is 1. The van der Waals surface area contributed by atoms with E-state index in [0.717, 1.165) is 12.8 Å². The van der Waals surface area contributed by atoms with Gasteiger partial charge >= 0.3 is 0 Å². The molecule has 1 aromatic carbocycles. The van der Waals surface area contributed by atoms with Crippen LogP contribution in [0.25, 0.3) is 11.1 Å². The number of piperidine rings is 2. The van der Waals surface area contributed by atoms with Crippen molar-refractivity contribution in [2.45, 2.75) is 89.5 Å². The Morgan fingerprint density at radius 1 is 1.12 bits per heavy atom. The molecule has 4 heterocycles. The highest BCUT2D eigenvalue weighted by Crippen LogP contribution is 2.33. The van der Waals surface area contributed by atoms with Crippen LogP contribution < -0.4 is 10.2 Å². The number of amides is 2. The van der Waals surface area contributed by atoms with E-state index in [0.29, 0.717) is 54.3 Å². The lowest BCUT2D eigenvalue weighted by Crippen LogP contribution is -2.58. The van der Waals surface area contributed by atoms with Crippen LogP contribution in [0.5, 0.6) is 0 Å². The summed E-state index contributed by atoms with van der Waals surface area (Å²) >= 11 is 0. The average Bonchev–Trinajstić information content (AvgIpc) is 3.22. The van der Waals surface area contributed by atoms with Crippen LogP contribution in [-0.2, 0) is 4.79 Å². The number of fused-ring (bicyclic) bond motifs is 3.